The lowest BCUT2D eigenvalue weighted by molar-refractivity contribution is -0.128. The lowest BCUT2D eigenvalue weighted by Gasteiger charge is -2.15. The van der Waals surface area contributed by atoms with Gasteiger partial charge < -0.3 is 10.6 Å². The van der Waals surface area contributed by atoms with Gasteiger partial charge in [-0.1, -0.05) is 23.7 Å². The van der Waals surface area contributed by atoms with E-state index in [4.69, 9.17) is 11.6 Å². The minimum atomic E-state index is -0.379. The first-order valence-corrected chi connectivity index (χ1v) is 7.34. The predicted molar refractivity (Wildman–Crippen MR) is 78.6 cm³/mol. The standard InChI is InChI=1S/C15H19ClN2O2/c16-12-7-4-11(5-8-12)6-9-14(19)18-13-3-1-2-10-17-15(13)20/h4-5,7-8,13H,1-3,6,9-10H2,(H,17,20)(H,18,19). The molecule has 0 aliphatic carbocycles. The van der Waals surface area contributed by atoms with Crippen LogP contribution in [0.25, 0.3) is 0 Å². The van der Waals surface area contributed by atoms with Gasteiger partial charge in [0.15, 0.2) is 0 Å². The molecule has 1 aliphatic rings. The van der Waals surface area contributed by atoms with Crippen molar-refractivity contribution in [3.05, 3.63) is 34.9 Å². The van der Waals surface area contributed by atoms with Gasteiger partial charge in [-0.15, -0.1) is 0 Å². The summed E-state index contributed by atoms with van der Waals surface area (Å²) in [5, 5.41) is 6.31. The highest BCUT2D eigenvalue weighted by molar-refractivity contribution is 6.30. The summed E-state index contributed by atoms with van der Waals surface area (Å²) in [6.45, 7) is 0.704. The van der Waals surface area contributed by atoms with Crippen LogP contribution in [0.2, 0.25) is 5.02 Å². The molecule has 2 N–H and O–H groups in total. The number of aryl methyl sites for hydroxylation is 1. The number of nitrogens with one attached hydrogen (secondary N) is 2. The van der Waals surface area contributed by atoms with Crippen molar-refractivity contribution in [2.75, 3.05) is 6.54 Å². The van der Waals surface area contributed by atoms with E-state index in [9.17, 15) is 9.59 Å². The monoisotopic (exact) mass is 294 g/mol. The molecule has 2 rings (SSSR count). The van der Waals surface area contributed by atoms with E-state index in [-0.39, 0.29) is 17.9 Å². The molecule has 1 atom stereocenters. The number of benzene rings is 1. The fraction of sp³-hybridized carbons (Fsp3) is 0.467. The second-order valence-electron chi connectivity index (χ2n) is 5.03. The molecule has 1 aromatic rings. The number of carbonyl (C=O) groups excluding carboxylic acids is 2. The highest BCUT2D eigenvalue weighted by Crippen LogP contribution is 2.11. The number of carbonyl (C=O) groups is 2. The van der Waals surface area contributed by atoms with Gasteiger partial charge in [-0.25, -0.2) is 0 Å². The molecule has 1 unspecified atom stereocenters. The molecule has 0 bridgehead atoms. The molecule has 5 heteroatoms. The summed E-state index contributed by atoms with van der Waals surface area (Å²) in [7, 11) is 0. The Bertz CT molecular complexity index is 473. The van der Waals surface area contributed by atoms with Crippen LogP contribution in [0.1, 0.15) is 31.2 Å². The lowest BCUT2D eigenvalue weighted by Crippen LogP contribution is -2.45. The summed E-state index contributed by atoms with van der Waals surface area (Å²) >= 11 is 5.81. The first-order valence-electron chi connectivity index (χ1n) is 6.96. The molecule has 2 amide bonds. The Kier molecular flexibility index (Phi) is 5.41. The average Bonchev–Trinajstić information content (AvgIpc) is 2.64. The number of rotatable bonds is 4. The Morgan fingerprint density at radius 3 is 2.80 bits per heavy atom. The number of hydrogen-bond donors (Lipinski definition) is 2. The first-order chi connectivity index (χ1) is 9.65. The summed E-state index contributed by atoms with van der Waals surface area (Å²) in [4.78, 5) is 23.6. The molecule has 4 nitrogen and oxygen atoms in total. The third-order valence-corrected chi connectivity index (χ3v) is 3.68. The molecule has 1 heterocycles. The van der Waals surface area contributed by atoms with Crippen LogP contribution in [0.4, 0.5) is 0 Å². The third kappa shape index (κ3) is 4.53. The number of hydrogen-bond acceptors (Lipinski definition) is 2. The maximum atomic E-state index is 11.9. The molecule has 108 valence electrons. The zero-order chi connectivity index (χ0) is 14.4. The van der Waals surface area contributed by atoms with Gasteiger partial charge in [-0.2, -0.15) is 0 Å². The van der Waals surface area contributed by atoms with Gasteiger partial charge in [-0.05, 0) is 43.4 Å². The SMILES string of the molecule is O=C(CCc1ccc(Cl)cc1)NC1CCCCNC1=O. The van der Waals surface area contributed by atoms with Crippen molar-refractivity contribution in [1.82, 2.24) is 10.6 Å². The van der Waals surface area contributed by atoms with Crippen LogP contribution >= 0.6 is 11.6 Å². The van der Waals surface area contributed by atoms with Gasteiger partial charge in [0, 0.05) is 18.0 Å². The maximum Gasteiger partial charge on any atom is 0.242 e. The smallest absolute Gasteiger partial charge is 0.242 e. The number of amides is 2. The zero-order valence-electron chi connectivity index (χ0n) is 11.3. The molecule has 20 heavy (non-hydrogen) atoms. The van der Waals surface area contributed by atoms with Gasteiger partial charge in [-0.3, -0.25) is 9.59 Å². The van der Waals surface area contributed by atoms with E-state index in [2.05, 4.69) is 10.6 Å². The van der Waals surface area contributed by atoms with Gasteiger partial charge in [0.1, 0.15) is 6.04 Å². The van der Waals surface area contributed by atoms with E-state index < -0.39 is 0 Å². The molecular weight excluding hydrogens is 276 g/mol. The highest BCUT2D eigenvalue weighted by Gasteiger charge is 2.21. The summed E-state index contributed by atoms with van der Waals surface area (Å²) in [5.74, 6) is -0.149. The molecule has 1 aliphatic heterocycles. The molecule has 0 spiro atoms. The van der Waals surface area contributed by atoms with E-state index in [1.165, 1.54) is 0 Å². The summed E-state index contributed by atoms with van der Waals surface area (Å²) in [6.07, 6.45) is 3.69. The quantitative estimate of drug-likeness (QED) is 0.893. The van der Waals surface area contributed by atoms with Crippen molar-refractivity contribution in [3.63, 3.8) is 0 Å². The molecule has 1 aromatic carbocycles. The molecule has 0 saturated carbocycles. The van der Waals surface area contributed by atoms with Crippen LogP contribution in [0.5, 0.6) is 0 Å². The van der Waals surface area contributed by atoms with Crippen molar-refractivity contribution >= 4 is 23.4 Å². The molecular formula is C15H19ClN2O2. The maximum absolute atomic E-state index is 11.9. The van der Waals surface area contributed by atoms with Crippen molar-refractivity contribution in [2.45, 2.75) is 38.1 Å². The lowest BCUT2D eigenvalue weighted by atomic mass is 10.1. The Hall–Kier alpha value is -1.55. The van der Waals surface area contributed by atoms with Crippen LogP contribution in [-0.2, 0) is 16.0 Å². The van der Waals surface area contributed by atoms with Crippen molar-refractivity contribution < 1.29 is 9.59 Å². The normalized spacial score (nSPS) is 19.1. The fourth-order valence-corrected chi connectivity index (χ4v) is 2.38. The summed E-state index contributed by atoms with van der Waals surface area (Å²) in [5.41, 5.74) is 1.06. The predicted octanol–water partition coefficient (Wildman–Crippen LogP) is 2.06. The van der Waals surface area contributed by atoms with Crippen molar-refractivity contribution in [2.24, 2.45) is 0 Å². The van der Waals surface area contributed by atoms with Gasteiger partial charge in [0.2, 0.25) is 11.8 Å². The Morgan fingerprint density at radius 2 is 2.05 bits per heavy atom. The third-order valence-electron chi connectivity index (χ3n) is 3.42. The number of halogens is 1. The Morgan fingerprint density at radius 1 is 1.30 bits per heavy atom. The van der Waals surface area contributed by atoms with Crippen molar-refractivity contribution in [1.29, 1.82) is 0 Å². The van der Waals surface area contributed by atoms with Crippen molar-refractivity contribution in [3.8, 4) is 0 Å². The Balaban J connectivity index is 1.79. The van der Waals surface area contributed by atoms with Crippen LogP contribution in [-0.4, -0.2) is 24.4 Å². The van der Waals surface area contributed by atoms with E-state index in [0.717, 1.165) is 24.8 Å². The minimum absolute atomic E-state index is 0.0673. The first kappa shape index (κ1) is 14.9. The van der Waals surface area contributed by atoms with Crippen LogP contribution in [0, 0.1) is 0 Å². The van der Waals surface area contributed by atoms with Crippen LogP contribution < -0.4 is 10.6 Å². The van der Waals surface area contributed by atoms with Crippen LogP contribution in [0.3, 0.4) is 0 Å². The topological polar surface area (TPSA) is 58.2 Å². The van der Waals surface area contributed by atoms with Gasteiger partial charge >= 0.3 is 0 Å². The highest BCUT2D eigenvalue weighted by atomic mass is 35.5. The second kappa shape index (κ2) is 7.29. The van der Waals surface area contributed by atoms with E-state index in [0.29, 0.717) is 24.4 Å². The second-order valence-corrected chi connectivity index (χ2v) is 5.47. The van der Waals surface area contributed by atoms with Gasteiger partial charge in [0.05, 0.1) is 0 Å². The minimum Gasteiger partial charge on any atom is -0.354 e. The Labute approximate surface area is 123 Å². The van der Waals surface area contributed by atoms with Gasteiger partial charge in [0.25, 0.3) is 0 Å². The molecule has 1 saturated heterocycles. The average molecular weight is 295 g/mol. The fourth-order valence-electron chi connectivity index (χ4n) is 2.25. The summed E-state index contributed by atoms with van der Waals surface area (Å²) in [6, 6.07) is 7.07. The molecule has 0 aromatic heterocycles. The largest absolute Gasteiger partial charge is 0.354 e. The summed E-state index contributed by atoms with van der Waals surface area (Å²) < 4.78 is 0. The van der Waals surface area contributed by atoms with E-state index in [1.807, 2.05) is 24.3 Å². The molecule has 1 fully saturated rings. The van der Waals surface area contributed by atoms with Crippen LogP contribution in [0.15, 0.2) is 24.3 Å². The molecule has 0 radical (unpaired) electrons. The zero-order valence-corrected chi connectivity index (χ0v) is 12.1. The van der Waals surface area contributed by atoms with E-state index >= 15 is 0 Å². The van der Waals surface area contributed by atoms with E-state index in [1.54, 1.807) is 0 Å².